The zero-order valence-electron chi connectivity index (χ0n) is 7.85. The first-order valence-corrected chi connectivity index (χ1v) is 4.25. The highest BCUT2D eigenvalue weighted by Crippen LogP contribution is 2.32. The van der Waals surface area contributed by atoms with E-state index < -0.39 is 23.5 Å². The zero-order chi connectivity index (χ0) is 11.6. The van der Waals surface area contributed by atoms with Crippen LogP contribution < -0.4 is 0 Å². The van der Waals surface area contributed by atoms with Crippen LogP contribution in [-0.2, 0) is 12.6 Å². The molecule has 0 fully saturated rings. The summed E-state index contributed by atoms with van der Waals surface area (Å²) >= 11 is 0. The summed E-state index contributed by atoms with van der Waals surface area (Å²) in [6, 6.07) is 0. The number of carboxylic acids is 1. The van der Waals surface area contributed by atoms with Gasteiger partial charge in [-0.05, 0) is 6.42 Å². The summed E-state index contributed by atoms with van der Waals surface area (Å²) in [4.78, 5) is 10.6. The summed E-state index contributed by atoms with van der Waals surface area (Å²) in [6.07, 6.45) is -4.16. The van der Waals surface area contributed by atoms with Gasteiger partial charge in [0.05, 0.1) is 0 Å². The largest absolute Gasteiger partial charge is 0.477 e. The van der Waals surface area contributed by atoms with Crippen LogP contribution in [0.25, 0.3) is 0 Å². The standard InChI is InChI=1S/C8H9F3N2O2/c1-2-3-4-5(7(14)15)12-13-6(4)8(9,10)11/h2-3H2,1H3,(H,12,13)(H,14,15). The first-order chi connectivity index (χ1) is 6.88. The number of H-pyrrole nitrogens is 1. The molecule has 0 saturated heterocycles. The first-order valence-electron chi connectivity index (χ1n) is 4.25. The van der Waals surface area contributed by atoms with Crippen LogP contribution >= 0.6 is 0 Å². The van der Waals surface area contributed by atoms with Gasteiger partial charge in [0, 0.05) is 5.56 Å². The van der Waals surface area contributed by atoms with Gasteiger partial charge in [0.15, 0.2) is 5.69 Å². The van der Waals surface area contributed by atoms with Crippen molar-refractivity contribution in [3.05, 3.63) is 17.0 Å². The van der Waals surface area contributed by atoms with E-state index in [9.17, 15) is 18.0 Å². The lowest BCUT2D eigenvalue weighted by Gasteiger charge is -2.05. The quantitative estimate of drug-likeness (QED) is 0.822. The molecule has 4 nitrogen and oxygen atoms in total. The van der Waals surface area contributed by atoms with Crippen molar-refractivity contribution in [3.8, 4) is 0 Å². The molecule has 0 bridgehead atoms. The smallest absolute Gasteiger partial charge is 0.435 e. The maximum atomic E-state index is 12.4. The minimum absolute atomic E-state index is 0.0347. The number of aromatic amines is 1. The van der Waals surface area contributed by atoms with Gasteiger partial charge in [-0.15, -0.1) is 0 Å². The van der Waals surface area contributed by atoms with E-state index in [-0.39, 0.29) is 12.0 Å². The van der Waals surface area contributed by atoms with Crippen LogP contribution in [0.3, 0.4) is 0 Å². The Morgan fingerprint density at radius 2 is 2.13 bits per heavy atom. The van der Waals surface area contributed by atoms with Gasteiger partial charge in [-0.3, -0.25) is 5.10 Å². The van der Waals surface area contributed by atoms with Crippen LogP contribution in [0.5, 0.6) is 0 Å². The predicted molar refractivity (Wildman–Crippen MR) is 44.5 cm³/mol. The van der Waals surface area contributed by atoms with Crippen molar-refractivity contribution < 1.29 is 23.1 Å². The van der Waals surface area contributed by atoms with Crippen molar-refractivity contribution in [2.75, 3.05) is 0 Å². The molecule has 2 N–H and O–H groups in total. The molecule has 0 spiro atoms. The average Bonchev–Trinajstić information content (AvgIpc) is 2.47. The minimum atomic E-state index is -4.62. The summed E-state index contributed by atoms with van der Waals surface area (Å²) < 4.78 is 37.1. The monoisotopic (exact) mass is 222 g/mol. The molecule has 1 heterocycles. The van der Waals surface area contributed by atoms with Crippen molar-refractivity contribution in [2.24, 2.45) is 0 Å². The highest BCUT2D eigenvalue weighted by Gasteiger charge is 2.38. The molecule has 1 rings (SSSR count). The molecule has 0 aromatic carbocycles. The van der Waals surface area contributed by atoms with Crippen molar-refractivity contribution in [1.82, 2.24) is 10.2 Å². The number of nitrogens with one attached hydrogen (secondary N) is 1. The SMILES string of the molecule is CCCc1c(C(F)(F)F)n[nH]c1C(=O)O. The Kier molecular flexibility index (Phi) is 3.01. The van der Waals surface area contributed by atoms with Gasteiger partial charge >= 0.3 is 12.1 Å². The fourth-order valence-corrected chi connectivity index (χ4v) is 1.27. The minimum Gasteiger partial charge on any atom is -0.477 e. The number of nitrogens with zero attached hydrogens (tertiary/aromatic N) is 1. The summed E-state index contributed by atoms with van der Waals surface area (Å²) in [5.74, 6) is -1.43. The van der Waals surface area contributed by atoms with Crippen LogP contribution in [0.15, 0.2) is 0 Å². The zero-order valence-corrected chi connectivity index (χ0v) is 7.85. The highest BCUT2D eigenvalue weighted by molar-refractivity contribution is 5.87. The molecule has 0 unspecified atom stereocenters. The molecular weight excluding hydrogens is 213 g/mol. The van der Waals surface area contributed by atoms with Gasteiger partial charge in [-0.1, -0.05) is 13.3 Å². The van der Waals surface area contributed by atoms with Gasteiger partial charge in [0.1, 0.15) is 5.69 Å². The molecule has 0 amide bonds. The van der Waals surface area contributed by atoms with Gasteiger partial charge < -0.3 is 5.11 Å². The summed E-state index contributed by atoms with van der Waals surface area (Å²) in [5.41, 5.74) is -1.90. The number of aromatic nitrogens is 2. The normalized spacial score (nSPS) is 11.7. The van der Waals surface area contributed by atoms with Gasteiger partial charge in [0.2, 0.25) is 0 Å². The Morgan fingerprint density at radius 1 is 1.53 bits per heavy atom. The molecule has 0 atom stereocenters. The second-order valence-corrected chi connectivity index (χ2v) is 2.98. The molecule has 1 aromatic heterocycles. The molecule has 7 heteroatoms. The molecule has 0 radical (unpaired) electrons. The fourth-order valence-electron chi connectivity index (χ4n) is 1.27. The van der Waals surface area contributed by atoms with E-state index in [0.29, 0.717) is 6.42 Å². The highest BCUT2D eigenvalue weighted by atomic mass is 19.4. The number of halogens is 3. The van der Waals surface area contributed by atoms with Crippen LogP contribution in [0.2, 0.25) is 0 Å². The van der Waals surface area contributed by atoms with Gasteiger partial charge in [-0.2, -0.15) is 18.3 Å². The lowest BCUT2D eigenvalue weighted by Crippen LogP contribution is -2.10. The van der Waals surface area contributed by atoms with Crippen molar-refractivity contribution in [1.29, 1.82) is 0 Å². The molecule has 1 aromatic rings. The lowest BCUT2D eigenvalue weighted by molar-refractivity contribution is -0.141. The van der Waals surface area contributed by atoms with E-state index >= 15 is 0 Å². The molecular formula is C8H9F3N2O2. The van der Waals surface area contributed by atoms with E-state index in [1.54, 1.807) is 6.92 Å². The molecule has 0 saturated carbocycles. The van der Waals surface area contributed by atoms with Crippen LogP contribution in [0, 0.1) is 0 Å². The van der Waals surface area contributed by atoms with Crippen molar-refractivity contribution in [3.63, 3.8) is 0 Å². The average molecular weight is 222 g/mol. The summed E-state index contributed by atoms with van der Waals surface area (Å²) in [7, 11) is 0. The third-order valence-corrected chi connectivity index (χ3v) is 1.85. The van der Waals surface area contributed by atoms with E-state index in [2.05, 4.69) is 5.10 Å². The second kappa shape index (κ2) is 3.92. The molecule has 0 aliphatic carbocycles. The Labute approximate surface area is 83.1 Å². The maximum absolute atomic E-state index is 12.4. The number of hydrogen-bond acceptors (Lipinski definition) is 2. The third kappa shape index (κ3) is 2.28. The van der Waals surface area contributed by atoms with Crippen LogP contribution in [0.1, 0.15) is 35.1 Å². The first kappa shape index (κ1) is 11.5. The third-order valence-electron chi connectivity index (χ3n) is 1.85. The van der Waals surface area contributed by atoms with E-state index in [0.717, 1.165) is 0 Å². The van der Waals surface area contributed by atoms with E-state index in [1.807, 2.05) is 5.10 Å². The Hall–Kier alpha value is -1.53. The van der Waals surface area contributed by atoms with Crippen molar-refractivity contribution >= 4 is 5.97 Å². The topological polar surface area (TPSA) is 66.0 Å². The van der Waals surface area contributed by atoms with E-state index in [4.69, 9.17) is 5.11 Å². The number of rotatable bonds is 3. The van der Waals surface area contributed by atoms with Crippen LogP contribution in [-0.4, -0.2) is 21.3 Å². The lowest BCUT2D eigenvalue weighted by atomic mass is 10.1. The Bertz CT molecular complexity index is 370. The number of carboxylic acid groups (broad SMARTS) is 1. The second-order valence-electron chi connectivity index (χ2n) is 2.98. The molecule has 0 aliphatic heterocycles. The van der Waals surface area contributed by atoms with E-state index in [1.165, 1.54) is 0 Å². The molecule has 0 aliphatic rings. The van der Waals surface area contributed by atoms with Gasteiger partial charge in [-0.25, -0.2) is 4.79 Å². The number of carbonyl (C=O) groups is 1. The molecule has 84 valence electrons. The summed E-state index contributed by atoms with van der Waals surface area (Å²) in [5, 5.41) is 13.5. The maximum Gasteiger partial charge on any atom is 0.435 e. The Morgan fingerprint density at radius 3 is 2.53 bits per heavy atom. The fraction of sp³-hybridized carbons (Fsp3) is 0.500. The molecule has 15 heavy (non-hydrogen) atoms. The summed E-state index contributed by atoms with van der Waals surface area (Å²) in [6.45, 7) is 1.67. The number of aromatic carboxylic acids is 1. The van der Waals surface area contributed by atoms with Crippen LogP contribution in [0.4, 0.5) is 13.2 Å². The predicted octanol–water partition coefficient (Wildman–Crippen LogP) is 2.08. The van der Waals surface area contributed by atoms with Crippen molar-refractivity contribution in [2.45, 2.75) is 25.9 Å². The Balaban J connectivity index is 3.24. The number of hydrogen-bond donors (Lipinski definition) is 2. The number of alkyl halides is 3. The van der Waals surface area contributed by atoms with Gasteiger partial charge in [0.25, 0.3) is 0 Å².